The highest BCUT2D eigenvalue weighted by Crippen LogP contribution is 2.28. The first-order chi connectivity index (χ1) is 10.3. The van der Waals surface area contributed by atoms with Gasteiger partial charge in [0.15, 0.2) is 0 Å². The molecule has 0 atom stereocenters. The molecule has 0 saturated heterocycles. The summed E-state index contributed by atoms with van der Waals surface area (Å²) in [4.78, 5) is 2.41. The first kappa shape index (κ1) is 14.4. The van der Waals surface area contributed by atoms with Crippen LogP contribution in [0.25, 0.3) is 0 Å². The van der Waals surface area contributed by atoms with Crippen molar-refractivity contribution < 1.29 is 0 Å². The van der Waals surface area contributed by atoms with Gasteiger partial charge in [-0.2, -0.15) is 0 Å². The average molecular weight is 301 g/mol. The number of hydrogen-bond acceptors (Lipinski definition) is 2. The second-order valence-corrected chi connectivity index (χ2v) is 5.90. The van der Waals surface area contributed by atoms with E-state index in [4.69, 9.17) is 11.6 Å². The van der Waals surface area contributed by atoms with Crippen LogP contribution in [0.1, 0.15) is 23.6 Å². The van der Waals surface area contributed by atoms with Crippen molar-refractivity contribution in [1.82, 2.24) is 5.32 Å². The summed E-state index contributed by atoms with van der Waals surface area (Å²) in [5, 5.41) is 4.17. The molecular formula is C18H21ClN2. The van der Waals surface area contributed by atoms with E-state index in [-0.39, 0.29) is 0 Å². The van der Waals surface area contributed by atoms with E-state index in [9.17, 15) is 0 Å². The maximum absolute atomic E-state index is 6.42. The zero-order valence-electron chi connectivity index (χ0n) is 12.4. The van der Waals surface area contributed by atoms with Crippen LogP contribution in [-0.2, 0) is 19.5 Å². The van der Waals surface area contributed by atoms with Gasteiger partial charge in [-0.05, 0) is 41.8 Å². The number of nitrogens with zero attached hydrogens (tertiary/aromatic N) is 1. The maximum Gasteiger partial charge on any atom is 0.0471 e. The summed E-state index contributed by atoms with van der Waals surface area (Å²) in [6.07, 6.45) is 1.10. The molecule has 0 unspecified atom stereocenters. The molecule has 0 spiro atoms. The van der Waals surface area contributed by atoms with Gasteiger partial charge in [-0.1, -0.05) is 48.9 Å². The zero-order valence-corrected chi connectivity index (χ0v) is 13.2. The zero-order chi connectivity index (χ0) is 14.7. The van der Waals surface area contributed by atoms with Crippen LogP contribution in [0.3, 0.4) is 0 Å². The summed E-state index contributed by atoms with van der Waals surface area (Å²) in [5.74, 6) is 0. The van der Waals surface area contributed by atoms with E-state index in [0.29, 0.717) is 0 Å². The second kappa shape index (κ2) is 6.50. The normalized spacial score (nSPS) is 14.1. The monoisotopic (exact) mass is 300 g/mol. The molecule has 0 amide bonds. The molecule has 21 heavy (non-hydrogen) atoms. The van der Waals surface area contributed by atoms with Gasteiger partial charge in [0.25, 0.3) is 0 Å². The van der Waals surface area contributed by atoms with E-state index >= 15 is 0 Å². The first-order valence-electron chi connectivity index (χ1n) is 7.59. The third-order valence-corrected chi connectivity index (χ3v) is 4.45. The van der Waals surface area contributed by atoms with Crippen molar-refractivity contribution in [3.05, 3.63) is 64.2 Å². The van der Waals surface area contributed by atoms with Crippen LogP contribution < -0.4 is 10.2 Å². The largest absolute Gasteiger partial charge is 0.367 e. The van der Waals surface area contributed by atoms with E-state index < -0.39 is 0 Å². The Kier molecular flexibility index (Phi) is 4.47. The summed E-state index contributed by atoms with van der Waals surface area (Å²) in [6, 6.07) is 15.1. The van der Waals surface area contributed by atoms with Crippen molar-refractivity contribution in [2.24, 2.45) is 0 Å². The maximum atomic E-state index is 6.42. The number of hydrogen-bond donors (Lipinski definition) is 1. The Morgan fingerprint density at radius 3 is 2.71 bits per heavy atom. The number of benzene rings is 2. The van der Waals surface area contributed by atoms with Crippen molar-refractivity contribution >= 4 is 17.3 Å². The van der Waals surface area contributed by atoms with E-state index in [1.165, 1.54) is 22.4 Å². The van der Waals surface area contributed by atoms with E-state index in [0.717, 1.165) is 37.6 Å². The lowest BCUT2D eigenvalue weighted by atomic mass is 9.99. The number of fused-ring (bicyclic) bond motifs is 1. The van der Waals surface area contributed by atoms with Crippen molar-refractivity contribution in [3.8, 4) is 0 Å². The lowest BCUT2D eigenvalue weighted by Gasteiger charge is -2.31. The molecule has 1 heterocycles. The number of nitrogens with one attached hydrogen (secondary N) is 1. The predicted molar refractivity (Wildman–Crippen MR) is 90.0 cm³/mol. The summed E-state index contributed by atoms with van der Waals surface area (Å²) in [6.45, 7) is 5.92. The van der Waals surface area contributed by atoms with E-state index in [2.05, 4.69) is 59.6 Å². The summed E-state index contributed by atoms with van der Waals surface area (Å²) < 4.78 is 0. The minimum Gasteiger partial charge on any atom is -0.367 e. The standard InChI is InChI=1S/C18H21ClN2/c1-2-20-12-15-7-8-17(11-18(15)19)21-10-9-14-5-3-4-6-16(14)13-21/h3-8,11,20H,2,9-10,12-13H2,1H3. The molecule has 110 valence electrons. The molecule has 0 saturated carbocycles. The number of anilines is 1. The Morgan fingerprint density at radius 2 is 1.95 bits per heavy atom. The lowest BCUT2D eigenvalue weighted by Crippen LogP contribution is -2.30. The van der Waals surface area contributed by atoms with Crippen LogP contribution in [0, 0.1) is 0 Å². The van der Waals surface area contributed by atoms with Gasteiger partial charge in [0.2, 0.25) is 0 Å². The molecule has 0 radical (unpaired) electrons. The molecule has 1 N–H and O–H groups in total. The molecule has 0 fully saturated rings. The Labute approximate surface area is 131 Å². The molecule has 2 nitrogen and oxygen atoms in total. The molecular weight excluding hydrogens is 280 g/mol. The summed E-state index contributed by atoms with van der Waals surface area (Å²) in [5.41, 5.74) is 5.29. The van der Waals surface area contributed by atoms with Gasteiger partial charge in [0, 0.05) is 30.3 Å². The van der Waals surface area contributed by atoms with Gasteiger partial charge in [-0.15, -0.1) is 0 Å². The Balaban J connectivity index is 1.78. The van der Waals surface area contributed by atoms with Gasteiger partial charge in [0.1, 0.15) is 0 Å². The summed E-state index contributed by atoms with van der Waals surface area (Å²) in [7, 11) is 0. The summed E-state index contributed by atoms with van der Waals surface area (Å²) >= 11 is 6.42. The van der Waals surface area contributed by atoms with Crippen LogP contribution in [0.15, 0.2) is 42.5 Å². The minimum absolute atomic E-state index is 0.832. The van der Waals surface area contributed by atoms with Gasteiger partial charge >= 0.3 is 0 Å². The second-order valence-electron chi connectivity index (χ2n) is 5.50. The smallest absolute Gasteiger partial charge is 0.0471 e. The number of rotatable bonds is 4. The molecule has 3 heteroatoms. The van der Waals surface area contributed by atoms with Crippen LogP contribution in [0.2, 0.25) is 5.02 Å². The van der Waals surface area contributed by atoms with Gasteiger partial charge in [-0.3, -0.25) is 0 Å². The highest BCUT2D eigenvalue weighted by molar-refractivity contribution is 6.31. The van der Waals surface area contributed by atoms with Crippen molar-refractivity contribution in [1.29, 1.82) is 0 Å². The quantitative estimate of drug-likeness (QED) is 0.918. The van der Waals surface area contributed by atoms with Crippen LogP contribution >= 0.6 is 11.6 Å². The Hall–Kier alpha value is -1.51. The molecule has 2 aromatic rings. The van der Waals surface area contributed by atoms with E-state index in [1.807, 2.05) is 0 Å². The van der Waals surface area contributed by atoms with Crippen LogP contribution in [0.4, 0.5) is 5.69 Å². The van der Waals surface area contributed by atoms with Crippen molar-refractivity contribution in [2.45, 2.75) is 26.4 Å². The molecule has 0 aliphatic carbocycles. The molecule has 1 aliphatic heterocycles. The van der Waals surface area contributed by atoms with Crippen molar-refractivity contribution in [3.63, 3.8) is 0 Å². The topological polar surface area (TPSA) is 15.3 Å². The predicted octanol–water partition coefficient (Wildman–Crippen LogP) is 4.01. The lowest BCUT2D eigenvalue weighted by molar-refractivity contribution is 0.722. The minimum atomic E-state index is 0.832. The first-order valence-corrected chi connectivity index (χ1v) is 7.96. The van der Waals surface area contributed by atoms with Crippen LogP contribution in [0.5, 0.6) is 0 Å². The van der Waals surface area contributed by atoms with Crippen LogP contribution in [-0.4, -0.2) is 13.1 Å². The van der Waals surface area contributed by atoms with Gasteiger partial charge in [-0.25, -0.2) is 0 Å². The number of halogens is 1. The molecule has 0 aromatic heterocycles. The fraction of sp³-hybridized carbons (Fsp3) is 0.333. The molecule has 2 aromatic carbocycles. The third kappa shape index (κ3) is 3.22. The van der Waals surface area contributed by atoms with E-state index in [1.54, 1.807) is 0 Å². The highest BCUT2D eigenvalue weighted by atomic mass is 35.5. The molecule has 1 aliphatic rings. The van der Waals surface area contributed by atoms with Gasteiger partial charge in [0.05, 0.1) is 0 Å². The average Bonchev–Trinajstić information content (AvgIpc) is 2.53. The molecule has 0 bridgehead atoms. The Bertz CT molecular complexity index is 624. The fourth-order valence-corrected chi connectivity index (χ4v) is 3.09. The molecule has 3 rings (SSSR count). The third-order valence-electron chi connectivity index (χ3n) is 4.10. The highest BCUT2D eigenvalue weighted by Gasteiger charge is 2.16. The van der Waals surface area contributed by atoms with Crippen molar-refractivity contribution in [2.75, 3.05) is 18.0 Å². The van der Waals surface area contributed by atoms with Gasteiger partial charge < -0.3 is 10.2 Å². The Morgan fingerprint density at radius 1 is 1.14 bits per heavy atom. The fourth-order valence-electron chi connectivity index (χ4n) is 2.85. The SMILES string of the molecule is CCNCc1ccc(N2CCc3ccccc3C2)cc1Cl.